The van der Waals surface area contributed by atoms with Gasteiger partial charge in [0.25, 0.3) is 0 Å². The van der Waals surface area contributed by atoms with E-state index in [2.05, 4.69) is 22.5 Å². The first-order valence-corrected chi connectivity index (χ1v) is 5.19. The molecule has 1 aliphatic heterocycles. The summed E-state index contributed by atoms with van der Waals surface area (Å²) in [5.74, 6) is 1.02. The molecule has 0 saturated heterocycles. The van der Waals surface area contributed by atoms with E-state index in [0.717, 1.165) is 35.2 Å². The Morgan fingerprint density at radius 3 is 3.08 bits per heavy atom. The lowest BCUT2D eigenvalue weighted by molar-refractivity contribution is 0.288. The molecular weight excluding hydrogens is 228 g/mol. The summed E-state index contributed by atoms with van der Waals surface area (Å²) in [6.45, 7) is 4.61. The van der Waals surface area contributed by atoms with E-state index < -0.39 is 0 Å². The summed E-state index contributed by atoms with van der Waals surface area (Å²) >= 11 is 3.58. The van der Waals surface area contributed by atoms with Gasteiger partial charge in [0.2, 0.25) is 0 Å². The maximum Gasteiger partial charge on any atom is 0.123 e. The number of hydrogen-bond donors (Lipinski definition) is 0. The van der Waals surface area contributed by atoms with Crippen molar-refractivity contribution in [3.8, 4) is 5.75 Å². The van der Waals surface area contributed by atoms with Gasteiger partial charge >= 0.3 is 0 Å². The highest BCUT2D eigenvalue weighted by atomic mass is 79.9. The maximum atomic E-state index is 5.54. The Bertz CT molecular complexity index is 344. The lowest BCUT2D eigenvalue weighted by atomic mass is 10.0. The highest BCUT2D eigenvalue weighted by Gasteiger charge is 2.14. The first-order chi connectivity index (χ1) is 6.33. The molecule has 0 saturated carbocycles. The molecule has 0 fully saturated rings. The standard InChI is InChI=1S/C11H11BrO/c1-2-8-5-6-10-9(11(8)12)4-3-7-13-10/h2,5-6H,1,3-4,7H2. The fraction of sp³-hybridized carbons (Fsp3) is 0.273. The van der Waals surface area contributed by atoms with E-state index in [1.165, 1.54) is 5.56 Å². The predicted molar refractivity (Wildman–Crippen MR) is 58.0 cm³/mol. The molecule has 1 nitrogen and oxygen atoms in total. The molecule has 0 N–H and O–H groups in total. The molecule has 13 heavy (non-hydrogen) atoms. The Morgan fingerprint density at radius 1 is 1.46 bits per heavy atom. The van der Waals surface area contributed by atoms with Crippen LogP contribution in [0.25, 0.3) is 6.08 Å². The van der Waals surface area contributed by atoms with Crippen LogP contribution in [-0.2, 0) is 6.42 Å². The van der Waals surface area contributed by atoms with Gasteiger partial charge in [0.15, 0.2) is 0 Å². The Labute approximate surface area is 86.5 Å². The third-order valence-corrected chi connectivity index (χ3v) is 3.22. The molecule has 2 rings (SSSR count). The van der Waals surface area contributed by atoms with Crippen molar-refractivity contribution in [2.45, 2.75) is 12.8 Å². The second-order valence-electron chi connectivity index (χ2n) is 3.10. The van der Waals surface area contributed by atoms with E-state index in [4.69, 9.17) is 4.74 Å². The summed E-state index contributed by atoms with van der Waals surface area (Å²) in [6.07, 6.45) is 4.06. The van der Waals surface area contributed by atoms with Gasteiger partial charge in [0, 0.05) is 10.0 Å². The van der Waals surface area contributed by atoms with Crippen LogP contribution >= 0.6 is 15.9 Å². The molecule has 1 aliphatic rings. The molecule has 1 aromatic carbocycles. The second kappa shape index (κ2) is 3.54. The molecule has 68 valence electrons. The molecule has 0 aliphatic carbocycles. The van der Waals surface area contributed by atoms with Crippen molar-refractivity contribution < 1.29 is 4.74 Å². The van der Waals surface area contributed by atoms with Gasteiger partial charge < -0.3 is 4.74 Å². The van der Waals surface area contributed by atoms with Crippen LogP contribution in [0.2, 0.25) is 0 Å². The maximum absolute atomic E-state index is 5.54. The minimum absolute atomic E-state index is 0.840. The zero-order valence-electron chi connectivity index (χ0n) is 7.35. The van der Waals surface area contributed by atoms with E-state index in [1.54, 1.807) is 0 Å². The van der Waals surface area contributed by atoms with E-state index >= 15 is 0 Å². The van der Waals surface area contributed by atoms with Gasteiger partial charge in [0.1, 0.15) is 5.75 Å². The Balaban J connectivity index is 2.54. The van der Waals surface area contributed by atoms with Crippen LogP contribution in [0.3, 0.4) is 0 Å². The number of halogens is 1. The van der Waals surface area contributed by atoms with Crippen molar-refractivity contribution >= 4 is 22.0 Å². The van der Waals surface area contributed by atoms with Gasteiger partial charge in [-0.1, -0.05) is 18.7 Å². The van der Waals surface area contributed by atoms with Gasteiger partial charge in [-0.2, -0.15) is 0 Å². The van der Waals surface area contributed by atoms with Gasteiger partial charge in [-0.3, -0.25) is 0 Å². The average Bonchev–Trinajstić information content (AvgIpc) is 2.19. The van der Waals surface area contributed by atoms with Crippen LogP contribution in [0.15, 0.2) is 23.2 Å². The van der Waals surface area contributed by atoms with Crippen molar-refractivity contribution in [1.29, 1.82) is 0 Å². The highest BCUT2D eigenvalue weighted by molar-refractivity contribution is 9.10. The lowest BCUT2D eigenvalue weighted by Gasteiger charge is -2.19. The normalized spacial score (nSPS) is 14.5. The third kappa shape index (κ3) is 1.51. The van der Waals surface area contributed by atoms with Crippen molar-refractivity contribution in [2.24, 2.45) is 0 Å². The zero-order valence-corrected chi connectivity index (χ0v) is 8.93. The Morgan fingerprint density at radius 2 is 2.31 bits per heavy atom. The van der Waals surface area contributed by atoms with Crippen LogP contribution in [-0.4, -0.2) is 6.61 Å². The van der Waals surface area contributed by atoms with Gasteiger partial charge in [-0.25, -0.2) is 0 Å². The molecule has 0 bridgehead atoms. The van der Waals surface area contributed by atoms with Crippen molar-refractivity contribution in [2.75, 3.05) is 6.61 Å². The minimum atomic E-state index is 0.840. The van der Waals surface area contributed by atoms with Crippen LogP contribution in [0.4, 0.5) is 0 Å². The summed E-state index contributed by atoms with van der Waals surface area (Å²) in [4.78, 5) is 0. The first kappa shape index (κ1) is 8.82. The average molecular weight is 239 g/mol. The molecular formula is C11H11BrO. The van der Waals surface area contributed by atoms with Crippen molar-refractivity contribution in [3.63, 3.8) is 0 Å². The Hall–Kier alpha value is -0.760. The summed E-state index contributed by atoms with van der Waals surface area (Å²) in [6, 6.07) is 4.05. The molecule has 0 atom stereocenters. The van der Waals surface area contributed by atoms with Crippen molar-refractivity contribution in [3.05, 3.63) is 34.3 Å². The number of hydrogen-bond acceptors (Lipinski definition) is 1. The smallest absolute Gasteiger partial charge is 0.123 e. The van der Waals surface area contributed by atoms with Gasteiger partial charge in [-0.15, -0.1) is 0 Å². The molecule has 2 heteroatoms. The first-order valence-electron chi connectivity index (χ1n) is 4.39. The predicted octanol–water partition coefficient (Wildman–Crippen LogP) is 3.42. The molecule has 1 heterocycles. The van der Waals surface area contributed by atoms with Gasteiger partial charge in [-0.05, 0) is 40.4 Å². The molecule has 0 aromatic heterocycles. The molecule has 0 unspecified atom stereocenters. The lowest BCUT2D eigenvalue weighted by Crippen LogP contribution is -2.09. The van der Waals surface area contributed by atoms with E-state index in [1.807, 2.05) is 18.2 Å². The number of rotatable bonds is 1. The minimum Gasteiger partial charge on any atom is -0.493 e. The Kier molecular flexibility index (Phi) is 2.40. The SMILES string of the molecule is C=Cc1ccc2c(c1Br)CCCO2. The number of ether oxygens (including phenoxy) is 1. The van der Waals surface area contributed by atoms with E-state index in [9.17, 15) is 0 Å². The van der Waals surface area contributed by atoms with Crippen LogP contribution < -0.4 is 4.74 Å². The summed E-state index contributed by atoms with van der Waals surface area (Å²) < 4.78 is 6.68. The summed E-state index contributed by atoms with van der Waals surface area (Å²) in [7, 11) is 0. The third-order valence-electron chi connectivity index (χ3n) is 2.28. The monoisotopic (exact) mass is 238 g/mol. The molecule has 0 amide bonds. The van der Waals surface area contributed by atoms with E-state index in [0.29, 0.717) is 0 Å². The summed E-state index contributed by atoms with van der Waals surface area (Å²) in [5, 5.41) is 0. The van der Waals surface area contributed by atoms with Crippen molar-refractivity contribution in [1.82, 2.24) is 0 Å². The molecule has 0 radical (unpaired) electrons. The number of fused-ring (bicyclic) bond motifs is 1. The van der Waals surface area contributed by atoms with Crippen LogP contribution in [0.5, 0.6) is 5.75 Å². The van der Waals surface area contributed by atoms with Crippen LogP contribution in [0, 0.1) is 0 Å². The largest absolute Gasteiger partial charge is 0.493 e. The number of benzene rings is 1. The fourth-order valence-electron chi connectivity index (χ4n) is 1.58. The zero-order chi connectivity index (χ0) is 9.26. The van der Waals surface area contributed by atoms with Crippen LogP contribution in [0.1, 0.15) is 17.5 Å². The fourth-order valence-corrected chi connectivity index (χ4v) is 2.27. The second-order valence-corrected chi connectivity index (χ2v) is 3.89. The van der Waals surface area contributed by atoms with Gasteiger partial charge in [0.05, 0.1) is 6.61 Å². The molecule has 0 spiro atoms. The topological polar surface area (TPSA) is 9.23 Å². The van der Waals surface area contributed by atoms with E-state index in [-0.39, 0.29) is 0 Å². The quantitative estimate of drug-likeness (QED) is 0.729. The highest BCUT2D eigenvalue weighted by Crippen LogP contribution is 2.34. The summed E-state index contributed by atoms with van der Waals surface area (Å²) in [5.41, 5.74) is 2.42. The molecule has 1 aromatic rings.